The lowest BCUT2D eigenvalue weighted by molar-refractivity contribution is -0.137. The van der Waals surface area contributed by atoms with E-state index in [1.54, 1.807) is 11.9 Å². The summed E-state index contributed by atoms with van der Waals surface area (Å²) in [5, 5.41) is 11.3. The van der Waals surface area contributed by atoms with E-state index in [2.05, 4.69) is 27.9 Å². The maximum Gasteiger partial charge on any atom is 0.304 e. The van der Waals surface area contributed by atoms with Crippen LogP contribution in [0.2, 0.25) is 0 Å². The van der Waals surface area contributed by atoms with Crippen LogP contribution in [0, 0.1) is 3.57 Å². The number of likely N-dealkylation sites (N-methyl/N-ethyl adjacent to an activating group) is 1. The van der Waals surface area contributed by atoms with Gasteiger partial charge in [-0.15, -0.1) is 0 Å². The standard InChI is InChI=1S/C12H15IN2O3/c1-15(7-6-12(17)18)8-11(16)14-10-4-2-9(13)3-5-10/h2-5H,6-8H2,1H3,(H,14,16)(H,17,18). The van der Waals surface area contributed by atoms with Crippen molar-refractivity contribution in [1.82, 2.24) is 4.90 Å². The van der Waals surface area contributed by atoms with Gasteiger partial charge in [0.2, 0.25) is 5.91 Å². The second-order valence-electron chi connectivity index (χ2n) is 3.94. The summed E-state index contributed by atoms with van der Waals surface area (Å²) in [6.07, 6.45) is 0.0350. The van der Waals surface area contributed by atoms with Gasteiger partial charge in [-0.1, -0.05) is 0 Å². The molecule has 6 heteroatoms. The summed E-state index contributed by atoms with van der Waals surface area (Å²) >= 11 is 2.19. The third-order valence-electron chi connectivity index (χ3n) is 2.25. The number of anilines is 1. The maximum atomic E-state index is 11.7. The SMILES string of the molecule is CN(CCC(=O)O)CC(=O)Nc1ccc(I)cc1. The van der Waals surface area contributed by atoms with Gasteiger partial charge in [0, 0.05) is 15.8 Å². The lowest BCUT2D eigenvalue weighted by Gasteiger charge is -2.14. The highest BCUT2D eigenvalue weighted by Gasteiger charge is 2.08. The number of hydrogen-bond acceptors (Lipinski definition) is 3. The topological polar surface area (TPSA) is 69.6 Å². The second-order valence-corrected chi connectivity index (χ2v) is 5.18. The number of carboxylic acids is 1. The fourth-order valence-corrected chi connectivity index (χ4v) is 1.70. The minimum absolute atomic E-state index is 0.0350. The molecule has 1 rings (SSSR count). The monoisotopic (exact) mass is 362 g/mol. The Morgan fingerprint density at radius 1 is 1.33 bits per heavy atom. The van der Waals surface area contributed by atoms with Crippen molar-refractivity contribution in [2.24, 2.45) is 0 Å². The van der Waals surface area contributed by atoms with Gasteiger partial charge in [-0.05, 0) is 53.9 Å². The molecule has 0 unspecified atom stereocenters. The molecule has 0 atom stereocenters. The number of aliphatic carboxylic acids is 1. The van der Waals surface area contributed by atoms with Crippen LogP contribution in [0.5, 0.6) is 0 Å². The normalized spacial score (nSPS) is 10.4. The highest BCUT2D eigenvalue weighted by molar-refractivity contribution is 14.1. The number of nitrogens with zero attached hydrogens (tertiary/aromatic N) is 1. The van der Waals surface area contributed by atoms with Crippen LogP contribution in [0.1, 0.15) is 6.42 Å². The van der Waals surface area contributed by atoms with E-state index in [1.165, 1.54) is 0 Å². The van der Waals surface area contributed by atoms with E-state index < -0.39 is 5.97 Å². The molecule has 0 radical (unpaired) electrons. The van der Waals surface area contributed by atoms with E-state index in [9.17, 15) is 9.59 Å². The van der Waals surface area contributed by atoms with Gasteiger partial charge >= 0.3 is 5.97 Å². The first-order chi connectivity index (χ1) is 8.47. The third kappa shape index (κ3) is 5.97. The minimum atomic E-state index is -0.861. The third-order valence-corrected chi connectivity index (χ3v) is 2.97. The molecule has 0 saturated heterocycles. The van der Waals surface area contributed by atoms with Crippen molar-refractivity contribution in [2.75, 3.05) is 25.5 Å². The Bertz CT molecular complexity index is 420. The summed E-state index contributed by atoms with van der Waals surface area (Å²) in [4.78, 5) is 23.7. The number of carboxylic acid groups (broad SMARTS) is 1. The molecule has 0 fully saturated rings. The molecule has 1 aromatic rings. The summed E-state index contributed by atoms with van der Waals surface area (Å²) in [7, 11) is 1.72. The van der Waals surface area contributed by atoms with Gasteiger partial charge in [-0.2, -0.15) is 0 Å². The molecule has 0 spiro atoms. The summed E-state index contributed by atoms with van der Waals surface area (Å²) in [6.45, 7) is 0.536. The van der Waals surface area contributed by atoms with Crippen LogP contribution in [0.3, 0.4) is 0 Å². The Kier molecular flexibility index (Phi) is 6.06. The van der Waals surface area contributed by atoms with Crippen molar-refractivity contribution in [3.63, 3.8) is 0 Å². The highest BCUT2D eigenvalue weighted by Crippen LogP contribution is 2.10. The molecule has 1 amide bonds. The Balaban J connectivity index is 2.37. The average molecular weight is 362 g/mol. The maximum absolute atomic E-state index is 11.7. The predicted molar refractivity (Wildman–Crippen MR) is 77.5 cm³/mol. The van der Waals surface area contributed by atoms with Gasteiger partial charge in [-0.25, -0.2) is 0 Å². The molecule has 0 heterocycles. The quantitative estimate of drug-likeness (QED) is 0.755. The molecule has 2 N–H and O–H groups in total. The van der Waals surface area contributed by atoms with Crippen LogP contribution >= 0.6 is 22.6 Å². The molecule has 0 aliphatic heterocycles. The van der Waals surface area contributed by atoms with Gasteiger partial charge in [0.05, 0.1) is 13.0 Å². The van der Waals surface area contributed by atoms with E-state index in [1.807, 2.05) is 24.3 Å². The van der Waals surface area contributed by atoms with E-state index >= 15 is 0 Å². The molecule has 0 aromatic heterocycles. The molecular formula is C12H15IN2O3. The smallest absolute Gasteiger partial charge is 0.304 e. The lowest BCUT2D eigenvalue weighted by Crippen LogP contribution is -2.31. The zero-order valence-corrected chi connectivity index (χ0v) is 12.2. The largest absolute Gasteiger partial charge is 0.481 e. The van der Waals surface area contributed by atoms with Gasteiger partial charge in [0.25, 0.3) is 0 Å². The molecular weight excluding hydrogens is 347 g/mol. The molecule has 0 aliphatic rings. The zero-order chi connectivity index (χ0) is 13.5. The first-order valence-corrected chi connectivity index (χ1v) is 6.51. The van der Waals surface area contributed by atoms with Crippen molar-refractivity contribution in [2.45, 2.75) is 6.42 Å². The number of nitrogens with one attached hydrogen (secondary N) is 1. The van der Waals surface area contributed by atoms with E-state index in [0.717, 1.165) is 9.26 Å². The van der Waals surface area contributed by atoms with Crippen molar-refractivity contribution >= 4 is 40.2 Å². The molecule has 0 bridgehead atoms. The van der Waals surface area contributed by atoms with Crippen molar-refractivity contribution < 1.29 is 14.7 Å². The number of amides is 1. The van der Waals surface area contributed by atoms with Crippen LogP contribution < -0.4 is 5.32 Å². The Morgan fingerprint density at radius 3 is 2.50 bits per heavy atom. The Hall–Kier alpha value is -1.15. The minimum Gasteiger partial charge on any atom is -0.481 e. The molecule has 0 aliphatic carbocycles. The van der Waals surface area contributed by atoms with Crippen LogP contribution in [0.15, 0.2) is 24.3 Å². The van der Waals surface area contributed by atoms with Gasteiger partial charge in [0.1, 0.15) is 0 Å². The first-order valence-electron chi connectivity index (χ1n) is 5.43. The number of carbonyl (C=O) groups excluding carboxylic acids is 1. The highest BCUT2D eigenvalue weighted by atomic mass is 127. The number of benzene rings is 1. The van der Waals surface area contributed by atoms with E-state index in [4.69, 9.17) is 5.11 Å². The fourth-order valence-electron chi connectivity index (χ4n) is 1.34. The van der Waals surface area contributed by atoms with Gasteiger partial charge in [0.15, 0.2) is 0 Å². The molecule has 5 nitrogen and oxygen atoms in total. The fraction of sp³-hybridized carbons (Fsp3) is 0.333. The van der Waals surface area contributed by atoms with Gasteiger partial charge in [-0.3, -0.25) is 14.5 Å². The summed E-state index contributed by atoms with van der Waals surface area (Å²) < 4.78 is 1.10. The van der Waals surface area contributed by atoms with Gasteiger partial charge < -0.3 is 10.4 Å². The Labute approximate surface area is 119 Å². The van der Waals surface area contributed by atoms with Crippen molar-refractivity contribution in [1.29, 1.82) is 0 Å². The molecule has 98 valence electrons. The summed E-state index contributed by atoms with van der Waals surface area (Å²) in [5.41, 5.74) is 0.743. The predicted octanol–water partition coefficient (Wildman–Crippen LogP) is 1.64. The number of carbonyl (C=O) groups is 2. The van der Waals surface area contributed by atoms with Crippen LogP contribution in [-0.4, -0.2) is 42.0 Å². The van der Waals surface area contributed by atoms with E-state index in [-0.39, 0.29) is 18.9 Å². The van der Waals surface area contributed by atoms with Crippen molar-refractivity contribution in [3.8, 4) is 0 Å². The number of halogens is 1. The van der Waals surface area contributed by atoms with E-state index in [0.29, 0.717) is 6.54 Å². The molecule has 0 saturated carbocycles. The van der Waals surface area contributed by atoms with Crippen LogP contribution in [0.4, 0.5) is 5.69 Å². The summed E-state index contributed by atoms with van der Waals surface area (Å²) in [6, 6.07) is 7.47. The van der Waals surface area contributed by atoms with Crippen LogP contribution in [0.25, 0.3) is 0 Å². The first kappa shape index (κ1) is 14.9. The summed E-state index contributed by atoms with van der Waals surface area (Å²) in [5.74, 6) is -1.01. The average Bonchev–Trinajstić information content (AvgIpc) is 2.29. The van der Waals surface area contributed by atoms with Crippen molar-refractivity contribution in [3.05, 3.63) is 27.8 Å². The molecule has 18 heavy (non-hydrogen) atoms. The zero-order valence-electron chi connectivity index (χ0n) is 10.0. The molecule has 1 aromatic carbocycles. The Morgan fingerprint density at radius 2 is 1.94 bits per heavy atom. The number of hydrogen-bond donors (Lipinski definition) is 2. The lowest BCUT2D eigenvalue weighted by atomic mass is 10.3. The number of rotatable bonds is 6. The second kappa shape index (κ2) is 7.32. The van der Waals surface area contributed by atoms with Crippen LogP contribution in [-0.2, 0) is 9.59 Å².